The van der Waals surface area contributed by atoms with Crippen molar-refractivity contribution < 1.29 is 4.79 Å². The lowest BCUT2D eigenvalue weighted by Crippen LogP contribution is -2.49. The van der Waals surface area contributed by atoms with Crippen LogP contribution in [0.25, 0.3) is 28.0 Å². The van der Waals surface area contributed by atoms with Gasteiger partial charge in [0.05, 0.1) is 30.0 Å². The van der Waals surface area contributed by atoms with Gasteiger partial charge in [-0.3, -0.25) is 9.48 Å². The van der Waals surface area contributed by atoms with E-state index in [9.17, 15) is 10.1 Å². The van der Waals surface area contributed by atoms with Gasteiger partial charge in [-0.15, -0.1) is 0 Å². The van der Waals surface area contributed by atoms with Crippen molar-refractivity contribution in [2.75, 3.05) is 31.1 Å². The summed E-state index contributed by atoms with van der Waals surface area (Å²) < 4.78 is 3.42. The Morgan fingerprint density at radius 1 is 1.00 bits per heavy atom. The summed E-state index contributed by atoms with van der Waals surface area (Å²) in [5.74, 6) is 1.75. The monoisotopic (exact) mass is 509 g/mol. The van der Waals surface area contributed by atoms with Crippen LogP contribution in [0.4, 0.5) is 5.82 Å². The minimum absolute atomic E-state index is 0.303. The van der Waals surface area contributed by atoms with Crippen molar-refractivity contribution >= 4 is 17.2 Å². The second kappa shape index (κ2) is 10.2. The molecule has 4 aromatic heterocycles. The Hall–Kier alpha value is -4.26. The number of nitriles is 1. The van der Waals surface area contributed by atoms with Crippen molar-refractivity contribution in [1.29, 1.82) is 5.26 Å². The van der Waals surface area contributed by atoms with E-state index in [1.54, 1.807) is 27.8 Å². The first-order valence-electron chi connectivity index (χ1n) is 13.4. The van der Waals surface area contributed by atoms with E-state index in [0.29, 0.717) is 40.7 Å². The van der Waals surface area contributed by atoms with Crippen LogP contribution in [0, 0.1) is 17.2 Å². The van der Waals surface area contributed by atoms with E-state index in [0.717, 1.165) is 43.1 Å². The molecule has 0 radical (unpaired) electrons. The predicted molar refractivity (Wildman–Crippen MR) is 143 cm³/mol. The molecule has 6 rings (SSSR count). The van der Waals surface area contributed by atoms with Gasteiger partial charge in [-0.2, -0.15) is 15.5 Å². The number of pyridine rings is 1. The van der Waals surface area contributed by atoms with Gasteiger partial charge in [-0.1, -0.05) is 19.3 Å². The van der Waals surface area contributed by atoms with Gasteiger partial charge >= 0.3 is 0 Å². The molecule has 38 heavy (non-hydrogen) atoms. The van der Waals surface area contributed by atoms with E-state index in [1.807, 2.05) is 36.5 Å². The first-order valence-corrected chi connectivity index (χ1v) is 13.4. The standard InChI is InChI=1S/C28H31N9O/c1-34-18-23(17-31-34)24-19-37-28(22(14-29)16-32-37)27(33-24)21-7-8-25(30-15-21)35-9-11-36(12-10-35)26(38)13-20-5-3-2-4-6-20/h7-8,15-20H,2-6,9-13H2,1H3. The first kappa shape index (κ1) is 24.1. The van der Waals surface area contributed by atoms with Crippen molar-refractivity contribution in [3.63, 3.8) is 0 Å². The number of fused-ring (bicyclic) bond motifs is 1. The number of carbonyl (C=O) groups excluding carboxylic acids is 1. The molecule has 10 nitrogen and oxygen atoms in total. The fourth-order valence-corrected chi connectivity index (χ4v) is 5.66. The van der Waals surface area contributed by atoms with E-state index in [-0.39, 0.29) is 0 Å². The highest BCUT2D eigenvalue weighted by Gasteiger charge is 2.25. The molecule has 5 heterocycles. The molecule has 4 aromatic rings. The molecule has 0 N–H and O–H groups in total. The van der Waals surface area contributed by atoms with Gasteiger partial charge in [-0.05, 0) is 30.9 Å². The molecule has 1 aliphatic carbocycles. The lowest BCUT2D eigenvalue weighted by molar-refractivity contribution is -0.132. The highest BCUT2D eigenvalue weighted by molar-refractivity contribution is 5.83. The van der Waals surface area contributed by atoms with Gasteiger partial charge in [0.25, 0.3) is 0 Å². The fourth-order valence-electron chi connectivity index (χ4n) is 5.66. The molecule has 0 unspecified atom stereocenters. The molecule has 0 aromatic carbocycles. The summed E-state index contributed by atoms with van der Waals surface area (Å²) >= 11 is 0. The number of carbonyl (C=O) groups is 1. The van der Waals surface area contributed by atoms with Crippen molar-refractivity contribution in [1.82, 2.24) is 34.3 Å². The molecular weight excluding hydrogens is 478 g/mol. The smallest absolute Gasteiger partial charge is 0.222 e. The average Bonchev–Trinajstić information content (AvgIpc) is 3.59. The van der Waals surface area contributed by atoms with Crippen molar-refractivity contribution in [2.24, 2.45) is 13.0 Å². The maximum Gasteiger partial charge on any atom is 0.222 e. The number of hydrogen-bond acceptors (Lipinski definition) is 7. The minimum Gasteiger partial charge on any atom is -0.353 e. The van der Waals surface area contributed by atoms with Crippen LogP contribution in [-0.4, -0.2) is 66.3 Å². The van der Waals surface area contributed by atoms with Crippen molar-refractivity contribution in [3.8, 4) is 28.6 Å². The lowest BCUT2D eigenvalue weighted by atomic mass is 9.86. The molecular formula is C28H31N9O. The van der Waals surface area contributed by atoms with Gasteiger partial charge in [0.2, 0.25) is 5.91 Å². The van der Waals surface area contributed by atoms with Crippen LogP contribution in [-0.2, 0) is 11.8 Å². The number of rotatable bonds is 5. The summed E-state index contributed by atoms with van der Waals surface area (Å²) in [6.45, 7) is 2.99. The summed E-state index contributed by atoms with van der Waals surface area (Å²) in [7, 11) is 1.86. The highest BCUT2D eigenvalue weighted by Crippen LogP contribution is 2.30. The van der Waals surface area contributed by atoms with Crippen LogP contribution in [0.1, 0.15) is 44.1 Å². The summed E-state index contributed by atoms with van der Waals surface area (Å²) in [6.07, 6.45) is 15.8. The zero-order valence-corrected chi connectivity index (χ0v) is 21.6. The second-order valence-electron chi connectivity index (χ2n) is 10.3. The highest BCUT2D eigenvalue weighted by atomic mass is 16.2. The Morgan fingerprint density at radius 2 is 1.82 bits per heavy atom. The Kier molecular flexibility index (Phi) is 6.50. The molecule has 2 fully saturated rings. The molecule has 0 bridgehead atoms. The Bertz CT molecular complexity index is 1480. The topological polar surface area (TPSA) is 108 Å². The Balaban J connectivity index is 1.19. The van der Waals surface area contributed by atoms with Crippen molar-refractivity contribution in [2.45, 2.75) is 38.5 Å². The van der Waals surface area contributed by atoms with Crippen LogP contribution in [0.5, 0.6) is 0 Å². The third-order valence-electron chi connectivity index (χ3n) is 7.78. The lowest BCUT2D eigenvalue weighted by Gasteiger charge is -2.36. The Labute approximate surface area is 221 Å². The van der Waals surface area contributed by atoms with E-state index >= 15 is 0 Å². The van der Waals surface area contributed by atoms with Crippen LogP contribution in [0.15, 0.2) is 43.1 Å². The van der Waals surface area contributed by atoms with Crippen LogP contribution in [0.3, 0.4) is 0 Å². The zero-order valence-electron chi connectivity index (χ0n) is 21.6. The molecule has 1 saturated heterocycles. The van der Waals surface area contributed by atoms with Gasteiger partial charge in [0.15, 0.2) is 0 Å². The first-order chi connectivity index (χ1) is 18.6. The average molecular weight is 510 g/mol. The van der Waals surface area contributed by atoms with E-state index in [1.165, 1.54) is 32.1 Å². The van der Waals surface area contributed by atoms with E-state index in [4.69, 9.17) is 9.97 Å². The maximum atomic E-state index is 12.8. The number of amides is 1. The van der Waals surface area contributed by atoms with Crippen molar-refractivity contribution in [3.05, 3.63) is 48.7 Å². The normalized spacial score (nSPS) is 16.6. The van der Waals surface area contributed by atoms with Gasteiger partial charge in [0, 0.05) is 63.2 Å². The summed E-state index contributed by atoms with van der Waals surface area (Å²) in [5, 5.41) is 18.3. The van der Waals surface area contributed by atoms with Crippen LogP contribution >= 0.6 is 0 Å². The largest absolute Gasteiger partial charge is 0.353 e. The molecule has 2 aliphatic rings. The quantitative estimate of drug-likeness (QED) is 0.404. The SMILES string of the molecule is Cn1cc(-c2cn3ncc(C#N)c3c(-c3ccc(N4CCN(C(=O)CC5CCCCC5)CC4)nc3)n2)cn1. The molecule has 0 atom stereocenters. The van der Waals surface area contributed by atoms with Crippen LogP contribution < -0.4 is 4.90 Å². The molecule has 10 heteroatoms. The van der Waals surface area contributed by atoms with Gasteiger partial charge in [0.1, 0.15) is 23.0 Å². The van der Waals surface area contributed by atoms with E-state index < -0.39 is 0 Å². The number of piperazine rings is 1. The molecule has 0 spiro atoms. The molecule has 1 saturated carbocycles. The third kappa shape index (κ3) is 4.72. The predicted octanol–water partition coefficient (Wildman–Crippen LogP) is 3.68. The number of aromatic nitrogens is 6. The van der Waals surface area contributed by atoms with Gasteiger partial charge < -0.3 is 9.80 Å². The molecule has 194 valence electrons. The molecule has 1 amide bonds. The number of anilines is 1. The third-order valence-corrected chi connectivity index (χ3v) is 7.78. The zero-order chi connectivity index (χ0) is 26.1. The number of aryl methyl sites for hydroxylation is 1. The van der Waals surface area contributed by atoms with Gasteiger partial charge in [-0.25, -0.2) is 14.5 Å². The summed E-state index contributed by atoms with van der Waals surface area (Å²) in [5.41, 5.74) is 4.15. The van der Waals surface area contributed by atoms with Crippen LogP contribution in [0.2, 0.25) is 0 Å². The molecule has 1 aliphatic heterocycles. The second-order valence-corrected chi connectivity index (χ2v) is 10.3. The Morgan fingerprint density at radius 3 is 2.50 bits per heavy atom. The number of nitrogens with zero attached hydrogens (tertiary/aromatic N) is 9. The van der Waals surface area contributed by atoms with E-state index in [2.05, 4.69) is 21.2 Å². The summed E-state index contributed by atoms with van der Waals surface area (Å²) in [4.78, 5) is 26.7. The fraction of sp³-hybridized carbons (Fsp3) is 0.429. The maximum absolute atomic E-state index is 12.8. The number of hydrogen-bond donors (Lipinski definition) is 0. The summed E-state index contributed by atoms with van der Waals surface area (Å²) in [6, 6.07) is 6.21. The minimum atomic E-state index is 0.303.